The van der Waals surface area contributed by atoms with E-state index < -0.39 is 0 Å². The molecule has 84 valence electrons. The zero-order valence-corrected chi connectivity index (χ0v) is 9.90. The van der Waals surface area contributed by atoms with Gasteiger partial charge in [0.05, 0.1) is 5.69 Å². The summed E-state index contributed by atoms with van der Waals surface area (Å²) in [6.45, 7) is 3.92. The van der Waals surface area contributed by atoms with Crippen LogP contribution in [0.15, 0.2) is 47.0 Å². The van der Waals surface area contributed by atoms with Crippen LogP contribution >= 0.6 is 0 Å². The van der Waals surface area contributed by atoms with Gasteiger partial charge in [-0.05, 0) is 36.2 Å². The van der Waals surface area contributed by atoms with E-state index in [1.165, 1.54) is 16.3 Å². The van der Waals surface area contributed by atoms with Crippen molar-refractivity contribution in [1.82, 2.24) is 5.16 Å². The molecule has 0 amide bonds. The Morgan fingerprint density at radius 2 is 1.71 bits per heavy atom. The molecule has 3 aromatic rings. The van der Waals surface area contributed by atoms with E-state index in [9.17, 15) is 0 Å². The van der Waals surface area contributed by atoms with Crippen molar-refractivity contribution in [2.24, 2.45) is 0 Å². The Kier molecular flexibility index (Phi) is 2.22. The van der Waals surface area contributed by atoms with Gasteiger partial charge < -0.3 is 4.52 Å². The maximum absolute atomic E-state index is 5.21. The maximum atomic E-state index is 5.21. The summed E-state index contributed by atoms with van der Waals surface area (Å²) >= 11 is 0. The average Bonchev–Trinajstić information content (AvgIpc) is 2.68. The van der Waals surface area contributed by atoms with Gasteiger partial charge in [0.25, 0.3) is 0 Å². The first kappa shape index (κ1) is 10.1. The summed E-state index contributed by atoms with van der Waals surface area (Å²) in [5, 5.41) is 6.49. The van der Waals surface area contributed by atoms with Crippen LogP contribution in [0.1, 0.15) is 11.5 Å². The fourth-order valence-corrected chi connectivity index (χ4v) is 2.24. The van der Waals surface area contributed by atoms with Gasteiger partial charge in [0.2, 0.25) is 0 Å². The molecular weight excluding hydrogens is 210 g/mol. The molecule has 0 spiro atoms. The highest BCUT2D eigenvalue weighted by Crippen LogP contribution is 2.29. The molecule has 1 aromatic heterocycles. The molecule has 0 saturated carbocycles. The molecule has 2 heteroatoms. The molecule has 0 aliphatic heterocycles. The summed E-state index contributed by atoms with van der Waals surface area (Å²) in [6, 6.07) is 14.8. The second-order valence-electron chi connectivity index (χ2n) is 4.26. The number of benzene rings is 2. The molecule has 0 N–H and O–H groups in total. The summed E-state index contributed by atoms with van der Waals surface area (Å²) in [5.41, 5.74) is 3.22. The molecule has 17 heavy (non-hydrogen) atoms. The predicted octanol–water partition coefficient (Wildman–Crippen LogP) is 4.11. The van der Waals surface area contributed by atoms with Crippen LogP contribution in [0, 0.1) is 13.8 Å². The number of nitrogens with zero attached hydrogens (tertiary/aromatic N) is 1. The number of fused-ring (bicyclic) bond motifs is 1. The minimum atomic E-state index is 0.873. The van der Waals surface area contributed by atoms with Crippen LogP contribution in [0.5, 0.6) is 0 Å². The molecular formula is C15H13NO. The fourth-order valence-electron chi connectivity index (χ4n) is 2.24. The van der Waals surface area contributed by atoms with E-state index in [1.54, 1.807) is 0 Å². The third kappa shape index (κ3) is 1.62. The zero-order valence-electron chi connectivity index (χ0n) is 9.90. The Balaban J connectivity index is 2.25. The lowest BCUT2D eigenvalue weighted by Gasteiger charge is -2.03. The standard InChI is InChI=1S/C15H13NO/c1-10-15(11(2)17-16-10)14-8-7-12-5-3-4-6-13(12)9-14/h3-9H,1-2H3. The van der Waals surface area contributed by atoms with E-state index in [4.69, 9.17) is 4.52 Å². The van der Waals surface area contributed by atoms with Crippen LogP contribution in [-0.4, -0.2) is 5.16 Å². The van der Waals surface area contributed by atoms with E-state index in [1.807, 2.05) is 13.8 Å². The van der Waals surface area contributed by atoms with Crippen LogP contribution in [0.3, 0.4) is 0 Å². The van der Waals surface area contributed by atoms with Crippen LogP contribution in [0.25, 0.3) is 21.9 Å². The van der Waals surface area contributed by atoms with Gasteiger partial charge in [0.1, 0.15) is 5.76 Å². The minimum absolute atomic E-state index is 0.873. The number of aryl methyl sites for hydroxylation is 2. The van der Waals surface area contributed by atoms with Gasteiger partial charge in [-0.15, -0.1) is 0 Å². The van der Waals surface area contributed by atoms with E-state index in [0.29, 0.717) is 0 Å². The second kappa shape index (κ2) is 3.74. The highest BCUT2D eigenvalue weighted by molar-refractivity contribution is 5.87. The summed E-state index contributed by atoms with van der Waals surface area (Å²) in [4.78, 5) is 0. The Morgan fingerprint density at radius 3 is 2.41 bits per heavy atom. The molecule has 1 heterocycles. The summed E-state index contributed by atoms with van der Waals surface area (Å²) in [6.07, 6.45) is 0. The van der Waals surface area contributed by atoms with Gasteiger partial charge >= 0.3 is 0 Å². The molecule has 0 aliphatic rings. The second-order valence-corrected chi connectivity index (χ2v) is 4.26. The number of hydrogen-bond donors (Lipinski definition) is 0. The van der Waals surface area contributed by atoms with Crippen LogP contribution in [0.4, 0.5) is 0 Å². The largest absolute Gasteiger partial charge is 0.361 e. The van der Waals surface area contributed by atoms with Crippen molar-refractivity contribution in [2.75, 3.05) is 0 Å². The third-order valence-electron chi connectivity index (χ3n) is 3.07. The smallest absolute Gasteiger partial charge is 0.141 e. The quantitative estimate of drug-likeness (QED) is 0.620. The number of hydrogen-bond acceptors (Lipinski definition) is 2. The third-order valence-corrected chi connectivity index (χ3v) is 3.07. The minimum Gasteiger partial charge on any atom is -0.361 e. The van der Waals surface area contributed by atoms with E-state index >= 15 is 0 Å². The zero-order chi connectivity index (χ0) is 11.8. The van der Waals surface area contributed by atoms with Crippen molar-refractivity contribution < 1.29 is 4.52 Å². The molecule has 0 radical (unpaired) electrons. The highest BCUT2D eigenvalue weighted by atomic mass is 16.5. The lowest BCUT2D eigenvalue weighted by Crippen LogP contribution is -1.82. The first-order chi connectivity index (χ1) is 8.25. The van der Waals surface area contributed by atoms with Crippen molar-refractivity contribution in [3.05, 3.63) is 53.9 Å². The molecule has 0 saturated heterocycles. The number of aromatic nitrogens is 1. The van der Waals surface area contributed by atoms with Crippen molar-refractivity contribution >= 4 is 10.8 Å². The summed E-state index contributed by atoms with van der Waals surface area (Å²) in [7, 11) is 0. The summed E-state index contributed by atoms with van der Waals surface area (Å²) in [5.74, 6) is 0.873. The lowest BCUT2D eigenvalue weighted by molar-refractivity contribution is 0.393. The average molecular weight is 223 g/mol. The molecule has 0 bridgehead atoms. The molecule has 3 rings (SSSR count). The fraction of sp³-hybridized carbons (Fsp3) is 0.133. The topological polar surface area (TPSA) is 26.0 Å². The first-order valence-corrected chi connectivity index (χ1v) is 5.68. The monoisotopic (exact) mass is 223 g/mol. The van der Waals surface area contributed by atoms with E-state index in [2.05, 4.69) is 47.6 Å². The lowest BCUT2D eigenvalue weighted by atomic mass is 10.0. The summed E-state index contributed by atoms with van der Waals surface area (Å²) < 4.78 is 5.21. The molecule has 0 aliphatic carbocycles. The van der Waals surface area contributed by atoms with Gasteiger partial charge in [-0.2, -0.15) is 0 Å². The van der Waals surface area contributed by atoms with Crippen molar-refractivity contribution in [3.63, 3.8) is 0 Å². The van der Waals surface area contributed by atoms with Gasteiger partial charge in [-0.25, -0.2) is 0 Å². The van der Waals surface area contributed by atoms with Crippen molar-refractivity contribution in [2.45, 2.75) is 13.8 Å². The molecule has 2 nitrogen and oxygen atoms in total. The van der Waals surface area contributed by atoms with Crippen molar-refractivity contribution in [3.8, 4) is 11.1 Å². The van der Waals surface area contributed by atoms with Crippen LogP contribution < -0.4 is 0 Å². The van der Waals surface area contributed by atoms with Crippen LogP contribution in [-0.2, 0) is 0 Å². The van der Waals surface area contributed by atoms with Gasteiger partial charge in [0, 0.05) is 5.56 Å². The molecule has 0 fully saturated rings. The van der Waals surface area contributed by atoms with Gasteiger partial charge in [0.15, 0.2) is 0 Å². The van der Waals surface area contributed by atoms with Gasteiger partial charge in [-0.3, -0.25) is 0 Å². The van der Waals surface area contributed by atoms with E-state index in [0.717, 1.165) is 17.0 Å². The Labute approximate surface area is 99.9 Å². The molecule has 2 aromatic carbocycles. The normalized spacial score (nSPS) is 10.9. The van der Waals surface area contributed by atoms with Gasteiger partial charge in [-0.1, -0.05) is 41.6 Å². The van der Waals surface area contributed by atoms with Crippen molar-refractivity contribution in [1.29, 1.82) is 0 Å². The highest BCUT2D eigenvalue weighted by Gasteiger charge is 2.11. The number of rotatable bonds is 1. The van der Waals surface area contributed by atoms with E-state index in [-0.39, 0.29) is 0 Å². The Bertz CT molecular complexity index is 663. The first-order valence-electron chi connectivity index (χ1n) is 5.68. The maximum Gasteiger partial charge on any atom is 0.141 e. The SMILES string of the molecule is Cc1noc(C)c1-c1ccc2ccccc2c1. The van der Waals surface area contributed by atoms with Crippen LogP contribution in [0.2, 0.25) is 0 Å². The Morgan fingerprint density at radius 1 is 0.941 bits per heavy atom. The Hall–Kier alpha value is -2.09. The molecule has 0 atom stereocenters. The molecule has 0 unspecified atom stereocenters. The predicted molar refractivity (Wildman–Crippen MR) is 68.9 cm³/mol.